The van der Waals surface area contributed by atoms with Crippen molar-refractivity contribution < 1.29 is 37.0 Å². The first-order valence-corrected chi connectivity index (χ1v) is 11.5. The van der Waals surface area contributed by atoms with Crippen molar-refractivity contribution in [3.05, 3.63) is 23.3 Å². The van der Waals surface area contributed by atoms with E-state index in [1.54, 1.807) is 6.92 Å². The lowest BCUT2D eigenvalue weighted by Crippen LogP contribution is -2.43. The van der Waals surface area contributed by atoms with Crippen LogP contribution in [0.5, 0.6) is 5.75 Å². The summed E-state index contributed by atoms with van der Waals surface area (Å²) in [4.78, 5) is 40.2. The number of esters is 1. The molecule has 178 valence electrons. The second-order valence-electron chi connectivity index (χ2n) is 7.22. The zero-order valence-electron chi connectivity index (χ0n) is 18.8. The van der Waals surface area contributed by atoms with Gasteiger partial charge >= 0.3 is 5.97 Å². The van der Waals surface area contributed by atoms with E-state index in [1.165, 1.54) is 20.0 Å². The zero-order chi connectivity index (χ0) is 24.1. The topological polar surface area (TPSA) is 132 Å². The van der Waals surface area contributed by atoms with E-state index in [4.69, 9.17) is 14.2 Å². The Hall–Kier alpha value is -2.54. The van der Waals surface area contributed by atoms with Crippen LogP contribution in [0, 0.1) is 0 Å². The molecule has 0 fully saturated rings. The third-order valence-corrected chi connectivity index (χ3v) is 6.16. The molecule has 12 heteroatoms. The van der Waals surface area contributed by atoms with Gasteiger partial charge in [0.2, 0.25) is 10.0 Å². The maximum Gasteiger partial charge on any atom is 0.329 e. The third-order valence-electron chi connectivity index (χ3n) is 4.72. The highest BCUT2D eigenvalue weighted by molar-refractivity contribution is 7.89. The highest BCUT2D eigenvalue weighted by Crippen LogP contribution is 2.34. The van der Waals surface area contributed by atoms with Crippen LogP contribution in [0.15, 0.2) is 17.0 Å². The number of nitrogens with one attached hydrogen (secondary N) is 1. The molecule has 1 aromatic carbocycles. The van der Waals surface area contributed by atoms with E-state index in [0.717, 1.165) is 11.0 Å². The number of carbonyl (C=O) groups excluding carboxylic acids is 3. The quantitative estimate of drug-likeness (QED) is 0.256. The van der Waals surface area contributed by atoms with Gasteiger partial charge in [-0.3, -0.25) is 14.5 Å². The molecule has 1 heterocycles. The Morgan fingerprint density at radius 3 is 2.31 bits per heavy atom. The predicted molar refractivity (Wildman–Crippen MR) is 114 cm³/mol. The molecule has 11 nitrogen and oxygen atoms in total. The van der Waals surface area contributed by atoms with Gasteiger partial charge in [0, 0.05) is 6.54 Å². The molecule has 0 saturated carbocycles. The van der Waals surface area contributed by atoms with Crippen LogP contribution < -0.4 is 9.46 Å². The number of fused-ring (bicyclic) bond motifs is 1. The molecule has 32 heavy (non-hydrogen) atoms. The average Bonchev–Trinajstić information content (AvgIpc) is 2.98. The van der Waals surface area contributed by atoms with Crippen molar-refractivity contribution in [2.75, 3.05) is 54.1 Å². The molecule has 0 radical (unpaired) electrons. The molecule has 1 atom stereocenters. The molecular formula is C20H29N3O8S. The number of imide groups is 1. The normalized spacial score (nSPS) is 14.6. The Kier molecular flexibility index (Phi) is 8.73. The van der Waals surface area contributed by atoms with Gasteiger partial charge in [-0.15, -0.1) is 0 Å². The number of hydrogen-bond acceptors (Lipinski definition) is 9. The largest absolute Gasteiger partial charge is 0.490 e. The minimum atomic E-state index is -4.01. The number of benzene rings is 1. The smallest absolute Gasteiger partial charge is 0.329 e. The lowest BCUT2D eigenvalue weighted by Gasteiger charge is -2.20. The van der Waals surface area contributed by atoms with Crippen LogP contribution in [-0.2, 0) is 24.3 Å². The number of hydrogen-bond donors (Lipinski definition) is 1. The fourth-order valence-electron chi connectivity index (χ4n) is 2.98. The Balaban J connectivity index is 2.32. The van der Waals surface area contributed by atoms with Crippen molar-refractivity contribution in [1.82, 2.24) is 14.5 Å². The highest BCUT2D eigenvalue weighted by atomic mass is 32.2. The second-order valence-corrected chi connectivity index (χ2v) is 9.08. The van der Waals surface area contributed by atoms with Crippen LogP contribution in [0.1, 0.15) is 34.6 Å². The molecule has 1 unspecified atom stereocenters. The number of ether oxygens (including phenoxy) is 3. The summed E-state index contributed by atoms with van der Waals surface area (Å²) >= 11 is 0. The van der Waals surface area contributed by atoms with Crippen molar-refractivity contribution in [3.8, 4) is 5.75 Å². The fourth-order valence-corrected chi connectivity index (χ4v) is 3.85. The highest BCUT2D eigenvalue weighted by Gasteiger charge is 2.43. The molecule has 0 aromatic heterocycles. The molecule has 2 amide bonds. The maximum atomic E-state index is 12.9. The van der Waals surface area contributed by atoms with Crippen molar-refractivity contribution in [2.24, 2.45) is 0 Å². The monoisotopic (exact) mass is 471 g/mol. The zero-order valence-corrected chi connectivity index (χ0v) is 19.7. The van der Waals surface area contributed by atoms with Gasteiger partial charge < -0.3 is 19.1 Å². The van der Waals surface area contributed by atoms with Gasteiger partial charge in [-0.2, -0.15) is 0 Å². The van der Waals surface area contributed by atoms with Gasteiger partial charge in [0.1, 0.15) is 23.3 Å². The van der Waals surface area contributed by atoms with E-state index in [-0.39, 0.29) is 41.6 Å². The molecule has 0 aliphatic carbocycles. The van der Waals surface area contributed by atoms with E-state index >= 15 is 0 Å². The van der Waals surface area contributed by atoms with Gasteiger partial charge in [0.15, 0.2) is 0 Å². The number of sulfonamides is 1. The SMILES string of the molecule is CCOC(=O)C(C)N1C(=O)c2cc(OCCOCCN(C)C)c(S(=O)(=O)NC)cc2C1=O. The van der Waals surface area contributed by atoms with Crippen LogP contribution >= 0.6 is 0 Å². The Labute approximate surface area is 187 Å². The molecular weight excluding hydrogens is 442 g/mol. The lowest BCUT2D eigenvalue weighted by molar-refractivity contribution is -0.147. The molecule has 1 aliphatic heterocycles. The number of carbonyl (C=O) groups is 3. The summed E-state index contributed by atoms with van der Waals surface area (Å²) in [5, 5.41) is 0. The summed E-state index contributed by atoms with van der Waals surface area (Å²) < 4.78 is 43.1. The van der Waals surface area contributed by atoms with Crippen molar-refractivity contribution in [1.29, 1.82) is 0 Å². The summed E-state index contributed by atoms with van der Waals surface area (Å²) in [6, 6.07) is 1.13. The van der Waals surface area contributed by atoms with Crippen LogP contribution in [0.25, 0.3) is 0 Å². The van der Waals surface area contributed by atoms with Gasteiger partial charge in [-0.1, -0.05) is 0 Å². The number of likely N-dealkylation sites (N-methyl/N-ethyl adjacent to an activating group) is 1. The first-order chi connectivity index (χ1) is 15.0. The van der Waals surface area contributed by atoms with Crippen LogP contribution in [-0.4, -0.2) is 96.2 Å². The number of rotatable bonds is 12. The molecule has 1 N–H and O–H groups in total. The van der Waals surface area contributed by atoms with E-state index in [0.29, 0.717) is 13.2 Å². The van der Waals surface area contributed by atoms with Gasteiger partial charge in [0.05, 0.1) is 30.9 Å². The summed E-state index contributed by atoms with van der Waals surface area (Å²) in [6.07, 6.45) is 0. The van der Waals surface area contributed by atoms with Crippen LogP contribution in [0.3, 0.4) is 0 Å². The van der Waals surface area contributed by atoms with Gasteiger partial charge in [-0.25, -0.2) is 17.9 Å². The third kappa shape index (κ3) is 5.63. The molecule has 1 aromatic rings. The minimum Gasteiger partial charge on any atom is -0.490 e. The van der Waals surface area contributed by atoms with Gasteiger partial charge in [-0.05, 0) is 47.1 Å². The first kappa shape index (κ1) is 25.7. The van der Waals surface area contributed by atoms with Crippen LogP contribution in [0.2, 0.25) is 0 Å². The second kappa shape index (κ2) is 10.9. The Morgan fingerprint density at radius 1 is 1.12 bits per heavy atom. The molecule has 0 spiro atoms. The standard InChI is InChI=1S/C20H29N3O8S/c1-6-30-20(26)13(2)23-18(24)14-11-16(31-10-9-29-8-7-22(4)5)17(32(27,28)21-3)12-15(14)19(23)25/h11-13,21H,6-10H2,1-5H3. The number of nitrogens with zero attached hydrogens (tertiary/aromatic N) is 2. The fraction of sp³-hybridized carbons (Fsp3) is 0.550. The lowest BCUT2D eigenvalue weighted by atomic mass is 10.1. The van der Waals surface area contributed by atoms with E-state index < -0.39 is 33.8 Å². The van der Waals surface area contributed by atoms with E-state index in [9.17, 15) is 22.8 Å². The Bertz CT molecular complexity index is 977. The minimum absolute atomic E-state index is 0.0313. The van der Waals surface area contributed by atoms with Crippen molar-refractivity contribution >= 4 is 27.8 Å². The van der Waals surface area contributed by atoms with E-state index in [2.05, 4.69) is 4.72 Å². The molecule has 2 rings (SSSR count). The molecule has 0 bridgehead atoms. The Morgan fingerprint density at radius 2 is 1.75 bits per heavy atom. The van der Waals surface area contributed by atoms with Crippen molar-refractivity contribution in [2.45, 2.75) is 24.8 Å². The predicted octanol–water partition coefficient (Wildman–Crippen LogP) is 0.0993. The first-order valence-electron chi connectivity index (χ1n) is 10.1. The van der Waals surface area contributed by atoms with Gasteiger partial charge in [0.25, 0.3) is 11.8 Å². The summed E-state index contributed by atoms with van der Waals surface area (Å²) in [6.45, 7) is 4.47. The molecule has 1 aliphatic rings. The molecule has 0 saturated heterocycles. The van der Waals surface area contributed by atoms with Crippen molar-refractivity contribution in [3.63, 3.8) is 0 Å². The maximum absolute atomic E-state index is 12.9. The number of amides is 2. The van der Waals surface area contributed by atoms with E-state index in [1.807, 2.05) is 19.0 Å². The summed E-state index contributed by atoms with van der Waals surface area (Å²) in [7, 11) is 1.03. The summed E-state index contributed by atoms with van der Waals surface area (Å²) in [5.74, 6) is -2.35. The van der Waals surface area contributed by atoms with Crippen LogP contribution in [0.4, 0.5) is 0 Å². The summed E-state index contributed by atoms with van der Waals surface area (Å²) in [5.41, 5.74) is -0.181. The average molecular weight is 472 g/mol.